The molecule has 1 saturated heterocycles. The number of hydrogen-bond acceptors (Lipinski definition) is 4. The number of aryl methyl sites for hydroxylation is 2. The number of rotatable bonds is 5. The minimum absolute atomic E-state index is 0.0424. The molecule has 3 rings (SSSR count). The lowest BCUT2D eigenvalue weighted by Gasteiger charge is -2.17. The first kappa shape index (κ1) is 16.3. The van der Waals surface area contributed by atoms with Gasteiger partial charge >= 0.3 is 6.09 Å². The highest BCUT2D eigenvalue weighted by Gasteiger charge is 2.33. The van der Waals surface area contributed by atoms with Crippen molar-refractivity contribution in [1.29, 1.82) is 0 Å². The van der Waals surface area contributed by atoms with Gasteiger partial charge in [-0.1, -0.05) is 6.07 Å². The predicted octanol–water partition coefficient (Wildman–Crippen LogP) is 1.68. The number of carbonyl (C=O) groups is 1. The average molecular weight is 338 g/mol. The van der Waals surface area contributed by atoms with Crippen molar-refractivity contribution < 1.29 is 17.9 Å². The van der Waals surface area contributed by atoms with Crippen LogP contribution in [0, 0.1) is 0 Å². The van der Waals surface area contributed by atoms with Crippen molar-refractivity contribution in [1.82, 2.24) is 9.62 Å². The van der Waals surface area contributed by atoms with Crippen LogP contribution in [0.2, 0.25) is 0 Å². The van der Waals surface area contributed by atoms with Gasteiger partial charge in [0.05, 0.1) is 11.4 Å². The molecule has 1 unspecified atom stereocenters. The molecule has 1 amide bonds. The second kappa shape index (κ2) is 6.13. The Morgan fingerprint density at radius 2 is 2.04 bits per heavy atom. The van der Waals surface area contributed by atoms with Crippen molar-refractivity contribution in [2.75, 3.05) is 13.1 Å². The van der Waals surface area contributed by atoms with E-state index in [2.05, 4.69) is 4.72 Å². The van der Waals surface area contributed by atoms with Crippen LogP contribution in [0.3, 0.4) is 0 Å². The van der Waals surface area contributed by atoms with Gasteiger partial charge in [0.15, 0.2) is 0 Å². The number of ether oxygens (including phenoxy) is 1. The van der Waals surface area contributed by atoms with E-state index in [0.717, 1.165) is 24.8 Å². The summed E-state index contributed by atoms with van der Waals surface area (Å²) in [5, 5.41) is 0. The van der Waals surface area contributed by atoms with Crippen LogP contribution in [0.15, 0.2) is 23.1 Å². The van der Waals surface area contributed by atoms with E-state index in [1.807, 2.05) is 19.9 Å². The maximum absolute atomic E-state index is 12.4. The van der Waals surface area contributed by atoms with E-state index in [1.54, 1.807) is 17.0 Å². The smallest absolute Gasteiger partial charge is 0.410 e. The Kier molecular flexibility index (Phi) is 4.33. The van der Waals surface area contributed by atoms with Crippen LogP contribution in [-0.2, 0) is 27.6 Å². The molecule has 6 nitrogen and oxygen atoms in total. The van der Waals surface area contributed by atoms with Gasteiger partial charge in [-0.15, -0.1) is 0 Å². The number of nitrogens with zero attached hydrogens (tertiary/aromatic N) is 1. The molecule has 1 atom stereocenters. The first-order valence-electron chi connectivity index (χ1n) is 7.95. The molecule has 1 aromatic carbocycles. The summed E-state index contributed by atoms with van der Waals surface area (Å²) in [5.41, 5.74) is 2.35. The zero-order chi connectivity index (χ0) is 16.6. The molecule has 0 aromatic heterocycles. The van der Waals surface area contributed by atoms with Crippen LogP contribution in [0.1, 0.15) is 31.4 Å². The van der Waals surface area contributed by atoms with Crippen molar-refractivity contribution >= 4 is 16.1 Å². The van der Waals surface area contributed by atoms with Gasteiger partial charge in [0.1, 0.15) is 6.10 Å². The van der Waals surface area contributed by atoms with E-state index < -0.39 is 16.1 Å². The van der Waals surface area contributed by atoms with Crippen molar-refractivity contribution in [2.45, 2.75) is 50.2 Å². The molecule has 1 N–H and O–H groups in total. The highest BCUT2D eigenvalue weighted by Crippen LogP contribution is 2.24. The number of cyclic esters (lactones) is 1. The molecule has 1 fully saturated rings. The number of fused-ring (bicyclic) bond motifs is 1. The Balaban J connectivity index is 1.65. The molecule has 7 heteroatoms. The number of sulfonamides is 1. The van der Waals surface area contributed by atoms with E-state index in [4.69, 9.17) is 4.74 Å². The van der Waals surface area contributed by atoms with Gasteiger partial charge in [-0.25, -0.2) is 17.9 Å². The lowest BCUT2D eigenvalue weighted by atomic mass is 10.1. The second-order valence-electron chi connectivity index (χ2n) is 6.39. The number of nitrogens with one attached hydrogen (secondary N) is 1. The van der Waals surface area contributed by atoms with Crippen LogP contribution < -0.4 is 4.72 Å². The molecule has 1 aliphatic heterocycles. The van der Waals surface area contributed by atoms with Crippen molar-refractivity contribution in [3.63, 3.8) is 0 Å². The van der Waals surface area contributed by atoms with Gasteiger partial charge in [0, 0.05) is 12.6 Å². The quantitative estimate of drug-likeness (QED) is 0.886. The van der Waals surface area contributed by atoms with Crippen molar-refractivity contribution in [3.05, 3.63) is 29.3 Å². The Bertz CT molecular complexity index is 715. The van der Waals surface area contributed by atoms with E-state index in [9.17, 15) is 13.2 Å². The number of hydrogen-bond donors (Lipinski definition) is 1. The zero-order valence-electron chi connectivity index (χ0n) is 13.4. The van der Waals surface area contributed by atoms with E-state index >= 15 is 0 Å². The van der Waals surface area contributed by atoms with E-state index in [1.165, 1.54) is 5.56 Å². The van der Waals surface area contributed by atoms with E-state index in [-0.39, 0.29) is 23.6 Å². The molecule has 1 heterocycles. The summed E-state index contributed by atoms with van der Waals surface area (Å²) in [6, 6.07) is 5.34. The van der Waals surface area contributed by atoms with Gasteiger partial charge in [-0.3, -0.25) is 0 Å². The van der Waals surface area contributed by atoms with Crippen molar-refractivity contribution in [2.24, 2.45) is 0 Å². The van der Waals surface area contributed by atoms with Crippen LogP contribution in [-0.4, -0.2) is 44.6 Å². The lowest BCUT2D eigenvalue weighted by molar-refractivity contribution is 0.130. The lowest BCUT2D eigenvalue weighted by Crippen LogP contribution is -2.36. The molecule has 126 valence electrons. The summed E-state index contributed by atoms with van der Waals surface area (Å²) in [6.07, 6.45) is 2.19. The third-order valence-electron chi connectivity index (χ3n) is 4.41. The summed E-state index contributed by atoms with van der Waals surface area (Å²) >= 11 is 0. The summed E-state index contributed by atoms with van der Waals surface area (Å²) in [5.74, 6) is 0. The third kappa shape index (κ3) is 3.35. The minimum Gasteiger partial charge on any atom is -0.443 e. The largest absolute Gasteiger partial charge is 0.443 e. The molecule has 0 spiro atoms. The number of carbonyl (C=O) groups excluding carboxylic acids is 1. The summed E-state index contributed by atoms with van der Waals surface area (Å²) < 4.78 is 32.6. The van der Waals surface area contributed by atoms with Crippen LogP contribution in [0.4, 0.5) is 4.79 Å². The fraction of sp³-hybridized carbons (Fsp3) is 0.562. The zero-order valence-corrected chi connectivity index (χ0v) is 14.2. The summed E-state index contributed by atoms with van der Waals surface area (Å²) in [6.45, 7) is 4.30. The minimum atomic E-state index is -3.58. The first-order chi connectivity index (χ1) is 10.9. The topological polar surface area (TPSA) is 75.7 Å². The predicted molar refractivity (Wildman–Crippen MR) is 85.8 cm³/mol. The first-order valence-corrected chi connectivity index (χ1v) is 9.44. The highest BCUT2D eigenvalue weighted by molar-refractivity contribution is 7.89. The molecule has 23 heavy (non-hydrogen) atoms. The van der Waals surface area contributed by atoms with E-state index in [0.29, 0.717) is 6.54 Å². The fourth-order valence-corrected chi connectivity index (χ4v) is 4.19. The van der Waals surface area contributed by atoms with Gasteiger partial charge < -0.3 is 9.64 Å². The van der Waals surface area contributed by atoms with Gasteiger partial charge in [-0.05, 0) is 56.4 Å². The van der Waals surface area contributed by atoms with Crippen LogP contribution >= 0.6 is 0 Å². The van der Waals surface area contributed by atoms with Gasteiger partial charge in [0.25, 0.3) is 0 Å². The molecule has 0 saturated carbocycles. The Morgan fingerprint density at radius 3 is 2.74 bits per heavy atom. The fourth-order valence-electron chi connectivity index (χ4n) is 3.07. The Hall–Kier alpha value is -1.60. The summed E-state index contributed by atoms with van der Waals surface area (Å²) in [7, 11) is -3.58. The average Bonchev–Trinajstić information content (AvgIpc) is 3.10. The van der Waals surface area contributed by atoms with Gasteiger partial charge in [0.2, 0.25) is 10.0 Å². The second-order valence-corrected chi connectivity index (χ2v) is 8.15. The number of benzene rings is 1. The maximum Gasteiger partial charge on any atom is 0.410 e. The molecular weight excluding hydrogens is 316 g/mol. The Labute approximate surface area is 136 Å². The normalized spacial score (nSPS) is 20.9. The third-order valence-corrected chi connectivity index (χ3v) is 5.83. The molecule has 1 aliphatic carbocycles. The molecule has 0 bridgehead atoms. The Morgan fingerprint density at radius 1 is 1.30 bits per heavy atom. The standard InChI is InChI=1S/C16H22N2O4S/c1-11(2)18-10-14(22-16(18)19)9-17-23(20,21)15-7-6-12-4-3-5-13(12)8-15/h6-8,11,14,17H,3-5,9-10H2,1-2H3. The van der Waals surface area contributed by atoms with Gasteiger partial charge in [-0.2, -0.15) is 0 Å². The molecule has 1 aromatic rings. The molecule has 0 radical (unpaired) electrons. The molecular formula is C16H22N2O4S. The number of amides is 1. The highest BCUT2D eigenvalue weighted by atomic mass is 32.2. The van der Waals surface area contributed by atoms with Crippen molar-refractivity contribution in [3.8, 4) is 0 Å². The van der Waals surface area contributed by atoms with Crippen LogP contribution in [0.25, 0.3) is 0 Å². The van der Waals surface area contributed by atoms with Crippen LogP contribution in [0.5, 0.6) is 0 Å². The maximum atomic E-state index is 12.4. The summed E-state index contributed by atoms with van der Waals surface area (Å²) in [4.78, 5) is 13.5. The molecule has 2 aliphatic rings. The SMILES string of the molecule is CC(C)N1CC(CNS(=O)(=O)c2ccc3c(c2)CCC3)OC1=O. The monoisotopic (exact) mass is 338 g/mol.